The van der Waals surface area contributed by atoms with Gasteiger partial charge in [-0.25, -0.2) is 8.78 Å². The number of β-amino-alcohol motifs (C(OH)–C–C–N with tert-alkyl or cyclic N) is 1. The second-order valence-electron chi connectivity index (χ2n) is 5.30. The Bertz CT molecular complexity index is 434. The predicted octanol–water partition coefficient (Wildman–Crippen LogP) is 2.03. The lowest BCUT2D eigenvalue weighted by Crippen LogP contribution is -2.47. The summed E-state index contributed by atoms with van der Waals surface area (Å²) in [5.41, 5.74) is 0.0426. The van der Waals surface area contributed by atoms with Crippen LogP contribution in [-0.4, -0.2) is 54.2 Å². The Balaban J connectivity index is 1.89. The van der Waals surface area contributed by atoms with E-state index in [1.807, 2.05) is 0 Å². The van der Waals surface area contributed by atoms with Gasteiger partial charge in [0.1, 0.15) is 0 Å². The van der Waals surface area contributed by atoms with E-state index in [-0.39, 0.29) is 5.56 Å². The zero-order chi connectivity index (χ0) is 14.5. The number of aliphatic hydroxyl groups excluding tert-OH is 1. The predicted molar refractivity (Wildman–Crippen MR) is 74.5 cm³/mol. The van der Waals surface area contributed by atoms with Gasteiger partial charge in [-0.3, -0.25) is 4.90 Å². The van der Waals surface area contributed by atoms with Gasteiger partial charge in [0.2, 0.25) is 0 Å². The molecule has 0 spiro atoms. The molecule has 1 aromatic rings. The van der Waals surface area contributed by atoms with Crippen LogP contribution in [0.1, 0.15) is 25.0 Å². The zero-order valence-electron chi connectivity index (χ0n) is 11.9. The number of nitrogens with zero attached hydrogens (tertiary/aromatic N) is 2. The molecule has 0 bridgehead atoms. The molecule has 0 radical (unpaired) electrons. The van der Waals surface area contributed by atoms with Crippen LogP contribution in [0.15, 0.2) is 18.2 Å². The Kier molecular flexibility index (Phi) is 5.46. The van der Waals surface area contributed by atoms with Gasteiger partial charge in [0.25, 0.3) is 0 Å². The minimum atomic E-state index is -0.983. The summed E-state index contributed by atoms with van der Waals surface area (Å²) < 4.78 is 26.8. The normalized spacial score (nSPS) is 19.2. The van der Waals surface area contributed by atoms with Crippen molar-refractivity contribution in [2.75, 3.05) is 39.3 Å². The van der Waals surface area contributed by atoms with E-state index in [1.54, 1.807) is 0 Å². The molecule has 1 aliphatic heterocycles. The third-order valence-electron chi connectivity index (χ3n) is 3.78. The topological polar surface area (TPSA) is 26.7 Å². The molecular weight excluding hydrogens is 262 g/mol. The lowest BCUT2D eigenvalue weighted by Gasteiger charge is -2.35. The summed E-state index contributed by atoms with van der Waals surface area (Å²) in [7, 11) is 0. The van der Waals surface area contributed by atoms with Gasteiger partial charge in [-0.05, 0) is 19.0 Å². The van der Waals surface area contributed by atoms with Crippen LogP contribution in [0, 0.1) is 11.6 Å². The molecule has 1 aromatic carbocycles. The molecule has 1 unspecified atom stereocenters. The van der Waals surface area contributed by atoms with E-state index in [4.69, 9.17) is 0 Å². The van der Waals surface area contributed by atoms with Gasteiger partial charge in [0.05, 0.1) is 6.10 Å². The first-order valence-electron chi connectivity index (χ1n) is 7.18. The Hall–Kier alpha value is -1.04. The first-order valence-corrected chi connectivity index (χ1v) is 7.18. The molecule has 3 nitrogen and oxygen atoms in total. The van der Waals surface area contributed by atoms with E-state index >= 15 is 0 Å². The minimum absolute atomic E-state index is 0.0426. The first-order chi connectivity index (χ1) is 9.61. The number of halogens is 2. The van der Waals surface area contributed by atoms with Gasteiger partial charge < -0.3 is 10.0 Å². The molecule has 1 N–H and O–H groups in total. The fraction of sp³-hybridized carbons (Fsp3) is 0.600. The maximum atomic E-state index is 13.6. The molecule has 2 rings (SSSR count). The average molecular weight is 284 g/mol. The third kappa shape index (κ3) is 3.75. The monoisotopic (exact) mass is 284 g/mol. The highest BCUT2D eigenvalue weighted by Crippen LogP contribution is 2.20. The minimum Gasteiger partial charge on any atom is -0.387 e. The van der Waals surface area contributed by atoms with Gasteiger partial charge >= 0.3 is 0 Å². The molecule has 1 atom stereocenters. The highest BCUT2D eigenvalue weighted by molar-refractivity contribution is 5.21. The van der Waals surface area contributed by atoms with Crippen molar-refractivity contribution in [1.29, 1.82) is 0 Å². The molecule has 1 aliphatic rings. The molecule has 0 aromatic heterocycles. The fourth-order valence-electron chi connectivity index (χ4n) is 2.63. The Morgan fingerprint density at radius 1 is 1.15 bits per heavy atom. The van der Waals surface area contributed by atoms with Crippen molar-refractivity contribution in [2.45, 2.75) is 19.4 Å². The number of hydrogen-bond acceptors (Lipinski definition) is 3. The SMILES string of the molecule is CCCN1CCN(CC(O)c2cccc(F)c2F)CC1. The summed E-state index contributed by atoms with van der Waals surface area (Å²) in [4.78, 5) is 4.48. The summed E-state index contributed by atoms with van der Waals surface area (Å²) in [6.45, 7) is 7.23. The van der Waals surface area contributed by atoms with Crippen LogP contribution in [-0.2, 0) is 0 Å². The first kappa shape index (κ1) is 15.4. The molecule has 1 saturated heterocycles. The Morgan fingerprint density at radius 3 is 2.45 bits per heavy atom. The summed E-state index contributed by atoms with van der Waals surface area (Å²) in [5, 5.41) is 10.1. The van der Waals surface area contributed by atoms with Crippen molar-refractivity contribution in [2.24, 2.45) is 0 Å². The van der Waals surface area contributed by atoms with Gasteiger partial charge in [-0.2, -0.15) is 0 Å². The highest BCUT2D eigenvalue weighted by Gasteiger charge is 2.22. The van der Waals surface area contributed by atoms with E-state index in [1.165, 1.54) is 12.1 Å². The summed E-state index contributed by atoms with van der Waals surface area (Å²) >= 11 is 0. The number of benzene rings is 1. The molecule has 112 valence electrons. The fourth-order valence-corrected chi connectivity index (χ4v) is 2.63. The maximum absolute atomic E-state index is 13.6. The van der Waals surface area contributed by atoms with Crippen molar-refractivity contribution >= 4 is 0 Å². The average Bonchev–Trinajstić information content (AvgIpc) is 2.44. The van der Waals surface area contributed by atoms with E-state index in [0.29, 0.717) is 6.54 Å². The van der Waals surface area contributed by atoms with Crippen molar-refractivity contribution in [1.82, 2.24) is 9.80 Å². The van der Waals surface area contributed by atoms with Gasteiger partial charge in [-0.1, -0.05) is 19.1 Å². The van der Waals surface area contributed by atoms with Crippen LogP contribution in [0.2, 0.25) is 0 Å². The molecule has 1 heterocycles. The van der Waals surface area contributed by atoms with Crippen LogP contribution >= 0.6 is 0 Å². The third-order valence-corrected chi connectivity index (χ3v) is 3.78. The number of hydrogen-bond donors (Lipinski definition) is 1. The molecule has 20 heavy (non-hydrogen) atoms. The lowest BCUT2D eigenvalue weighted by molar-refractivity contribution is 0.0706. The van der Waals surface area contributed by atoms with Crippen LogP contribution in [0.4, 0.5) is 8.78 Å². The summed E-state index contributed by atoms with van der Waals surface area (Å²) in [6.07, 6.45) is 0.153. The lowest BCUT2D eigenvalue weighted by atomic mass is 10.1. The smallest absolute Gasteiger partial charge is 0.164 e. The van der Waals surface area contributed by atoms with Gasteiger partial charge in [-0.15, -0.1) is 0 Å². The Labute approximate surface area is 118 Å². The second kappa shape index (κ2) is 7.11. The standard InChI is InChI=1S/C15H22F2N2O/c1-2-6-18-7-9-19(10-8-18)11-14(20)12-4-3-5-13(16)15(12)17/h3-5,14,20H,2,6-11H2,1H3. The van der Waals surface area contributed by atoms with Crippen LogP contribution < -0.4 is 0 Å². The van der Waals surface area contributed by atoms with E-state index < -0.39 is 17.7 Å². The Morgan fingerprint density at radius 2 is 1.80 bits per heavy atom. The molecule has 5 heteroatoms. The molecule has 0 aliphatic carbocycles. The van der Waals surface area contributed by atoms with Crippen molar-refractivity contribution in [3.63, 3.8) is 0 Å². The maximum Gasteiger partial charge on any atom is 0.164 e. The number of aliphatic hydroxyl groups is 1. The van der Waals surface area contributed by atoms with Gasteiger partial charge in [0, 0.05) is 38.3 Å². The summed E-state index contributed by atoms with van der Waals surface area (Å²) in [5.74, 6) is -1.85. The highest BCUT2D eigenvalue weighted by atomic mass is 19.2. The van der Waals surface area contributed by atoms with E-state index in [0.717, 1.165) is 45.2 Å². The molecular formula is C15H22F2N2O. The zero-order valence-corrected chi connectivity index (χ0v) is 11.9. The van der Waals surface area contributed by atoms with Crippen LogP contribution in [0.25, 0.3) is 0 Å². The summed E-state index contributed by atoms with van der Waals surface area (Å²) in [6, 6.07) is 3.93. The number of rotatable bonds is 5. The van der Waals surface area contributed by atoms with Gasteiger partial charge in [0.15, 0.2) is 11.6 Å². The largest absolute Gasteiger partial charge is 0.387 e. The van der Waals surface area contributed by atoms with Crippen molar-refractivity contribution in [3.05, 3.63) is 35.4 Å². The quantitative estimate of drug-likeness (QED) is 0.896. The number of piperazine rings is 1. The van der Waals surface area contributed by atoms with Crippen molar-refractivity contribution in [3.8, 4) is 0 Å². The molecule has 0 amide bonds. The van der Waals surface area contributed by atoms with Crippen LogP contribution in [0.5, 0.6) is 0 Å². The second-order valence-corrected chi connectivity index (χ2v) is 5.30. The van der Waals surface area contributed by atoms with Crippen LogP contribution in [0.3, 0.4) is 0 Å². The van der Waals surface area contributed by atoms with E-state index in [9.17, 15) is 13.9 Å². The molecule has 0 saturated carbocycles. The van der Waals surface area contributed by atoms with E-state index in [2.05, 4.69) is 16.7 Å². The molecule has 1 fully saturated rings. The van der Waals surface area contributed by atoms with Crippen molar-refractivity contribution < 1.29 is 13.9 Å².